The molecule has 5 heteroatoms. The Balaban J connectivity index is 2.29. The van der Waals surface area contributed by atoms with Crippen molar-refractivity contribution in [2.24, 2.45) is 0 Å². The lowest BCUT2D eigenvalue weighted by molar-refractivity contribution is 0.629. The number of halogens is 2. The van der Waals surface area contributed by atoms with Crippen molar-refractivity contribution in [1.29, 1.82) is 0 Å². The Morgan fingerprint density at radius 3 is 2.76 bits per heavy atom. The average molecular weight is 339 g/mol. The third-order valence-electron chi connectivity index (χ3n) is 2.49. The number of nitrogens with zero attached hydrogens (tertiary/aromatic N) is 3. The first kappa shape index (κ1) is 10.6. The predicted octanol–water partition coefficient (Wildman–Crippen LogP) is 3.14. The maximum Gasteiger partial charge on any atom is 0.171 e. The maximum absolute atomic E-state index is 13.7. The van der Waals surface area contributed by atoms with E-state index in [0.29, 0.717) is 11.4 Å². The second-order valence-corrected chi connectivity index (χ2v) is 4.82. The van der Waals surface area contributed by atoms with Crippen LogP contribution >= 0.6 is 22.6 Å². The molecule has 0 radical (unpaired) electrons. The SMILES string of the molecule is Fc1ccccc1-c1nnc2cc(I)ccn12. The minimum atomic E-state index is -0.291. The van der Waals surface area contributed by atoms with Crippen molar-refractivity contribution < 1.29 is 4.39 Å². The zero-order valence-corrected chi connectivity index (χ0v) is 10.8. The van der Waals surface area contributed by atoms with E-state index in [4.69, 9.17) is 0 Å². The van der Waals surface area contributed by atoms with E-state index in [2.05, 4.69) is 32.8 Å². The number of hydrogen-bond donors (Lipinski definition) is 0. The third kappa shape index (κ3) is 1.80. The monoisotopic (exact) mass is 339 g/mol. The van der Waals surface area contributed by atoms with Crippen LogP contribution in [0.3, 0.4) is 0 Å². The van der Waals surface area contributed by atoms with Crippen LogP contribution < -0.4 is 0 Å². The number of pyridine rings is 1. The van der Waals surface area contributed by atoms with Crippen molar-refractivity contribution in [3.05, 3.63) is 52.0 Å². The lowest BCUT2D eigenvalue weighted by Crippen LogP contribution is -1.92. The fraction of sp³-hybridized carbons (Fsp3) is 0. The normalized spacial score (nSPS) is 10.9. The molecule has 1 aromatic carbocycles. The molecule has 0 saturated heterocycles. The Morgan fingerprint density at radius 2 is 1.94 bits per heavy atom. The summed E-state index contributed by atoms with van der Waals surface area (Å²) in [6, 6.07) is 10.4. The molecule has 0 unspecified atom stereocenters. The summed E-state index contributed by atoms with van der Waals surface area (Å²) >= 11 is 2.20. The Bertz CT molecular complexity index is 693. The van der Waals surface area contributed by atoms with Crippen molar-refractivity contribution in [3.8, 4) is 11.4 Å². The van der Waals surface area contributed by atoms with Crippen molar-refractivity contribution >= 4 is 28.2 Å². The molecule has 0 saturated carbocycles. The van der Waals surface area contributed by atoms with E-state index in [1.165, 1.54) is 6.07 Å². The zero-order valence-electron chi connectivity index (χ0n) is 8.64. The molecule has 0 bridgehead atoms. The topological polar surface area (TPSA) is 30.2 Å². The molecular formula is C12H7FIN3. The van der Waals surface area contributed by atoms with E-state index in [9.17, 15) is 4.39 Å². The van der Waals surface area contributed by atoms with Crippen LogP contribution in [0.15, 0.2) is 42.6 Å². The highest BCUT2D eigenvalue weighted by atomic mass is 127. The summed E-state index contributed by atoms with van der Waals surface area (Å²) in [5, 5.41) is 8.08. The fourth-order valence-corrected chi connectivity index (χ4v) is 2.13. The Labute approximate surface area is 110 Å². The summed E-state index contributed by atoms with van der Waals surface area (Å²) in [6.45, 7) is 0. The quantitative estimate of drug-likeness (QED) is 0.638. The first-order chi connectivity index (χ1) is 8.25. The van der Waals surface area contributed by atoms with Gasteiger partial charge >= 0.3 is 0 Å². The molecule has 3 rings (SSSR count). The molecule has 0 aliphatic heterocycles. The van der Waals surface area contributed by atoms with Crippen molar-refractivity contribution in [1.82, 2.24) is 14.6 Å². The second kappa shape index (κ2) is 4.06. The molecule has 0 atom stereocenters. The number of hydrogen-bond acceptors (Lipinski definition) is 2. The number of aromatic nitrogens is 3. The van der Waals surface area contributed by atoms with Crippen LogP contribution in [0.5, 0.6) is 0 Å². The molecular weight excluding hydrogens is 332 g/mol. The molecule has 0 aliphatic rings. The largest absolute Gasteiger partial charge is 0.282 e. The summed E-state index contributed by atoms with van der Waals surface area (Å²) in [7, 11) is 0. The van der Waals surface area contributed by atoms with Gasteiger partial charge in [0.25, 0.3) is 0 Å². The van der Waals surface area contributed by atoms with E-state index in [1.807, 2.05) is 18.3 Å². The maximum atomic E-state index is 13.7. The summed E-state index contributed by atoms with van der Waals surface area (Å²) in [5.41, 5.74) is 1.18. The zero-order chi connectivity index (χ0) is 11.8. The average Bonchev–Trinajstić information content (AvgIpc) is 2.72. The van der Waals surface area contributed by atoms with Crippen LogP contribution in [0.25, 0.3) is 17.0 Å². The van der Waals surface area contributed by atoms with Gasteiger partial charge in [-0.1, -0.05) is 12.1 Å². The number of rotatable bonds is 1. The Kier molecular flexibility index (Phi) is 2.54. The second-order valence-electron chi connectivity index (χ2n) is 3.58. The molecule has 3 aromatic rings. The highest BCUT2D eigenvalue weighted by molar-refractivity contribution is 14.1. The lowest BCUT2D eigenvalue weighted by Gasteiger charge is -2.01. The molecule has 0 amide bonds. The van der Waals surface area contributed by atoms with Gasteiger partial charge < -0.3 is 0 Å². The lowest BCUT2D eigenvalue weighted by atomic mass is 10.2. The van der Waals surface area contributed by atoms with Gasteiger partial charge in [0.15, 0.2) is 11.5 Å². The van der Waals surface area contributed by atoms with Gasteiger partial charge in [0, 0.05) is 9.77 Å². The molecule has 0 aliphatic carbocycles. The number of fused-ring (bicyclic) bond motifs is 1. The third-order valence-corrected chi connectivity index (χ3v) is 3.16. The highest BCUT2D eigenvalue weighted by Gasteiger charge is 2.11. The van der Waals surface area contributed by atoms with Gasteiger partial charge in [-0.15, -0.1) is 10.2 Å². The Morgan fingerprint density at radius 1 is 1.12 bits per heavy atom. The van der Waals surface area contributed by atoms with Gasteiger partial charge in [-0.25, -0.2) is 4.39 Å². The summed E-state index contributed by atoms with van der Waals surface area (Å²) < 4.78 is 16.5. The van der Waals surface area contributed by atoms with Crippen LogP contribution in [0.4, 0.5) is 4.39 Å². The van der Waals surface area contributed by atoms with Crippen molar-refractivity contribution in [2.45, 2.75) is 0 Å². The van der Waals surface area contributed by atoms with E-state index in [0.717, 1.165) is 9.22 Å². The Hall–Kier alpha value is -1.50. The van der Waals surface area contributed by atoms with Crippen LogP contribution in [0, 0.1) is 9.39 Å². The van der Waals surface area contributed by atoms with E-state index < -0.39 is 0 Å². The predicted molar refractivity (Wildman–Crippen MR) is 71.1 cm³/mol. The van der Waals surface area contributed by atoms with Gasteiger partial charge in [0.05, 0.1) is 5.56 Å². The van der Waals surface area contributed by atoms with Crippen LogP contribution in [0.1, 0.15) is 0 Å². The summed E-state index contributed by atoms with van der Waals surface area (Å²) in [5.74, 6) is 0.231. The molecule has 84 valence electrons. The summed E-state index contributed by atoms with van der Waals surface area (Å²) in [6.07, 6.45) is 1.85. The standard InChI is InChI=1S/C12H7FIN3/c13-10-4-2-1-3-9(10)12-16-15-11-7-8(14)5-6-17(11)12/h1-7H. The van der Waals surface area contributed by atoms with Gasteiger partial charge in [0.1, 0.15) is 5.82 Å². The minimum absolute atomic E-state index is 0.291. The first-order valence-corrected chi connectivity index (χ1v) is 6.09. The minimum Gasteiger partial charge on any atom is -0.282 e. The van der Waals surface area contributed by atoms with Crippen molar-refractivity contribution in [2.75, 3.05) is 0 Å². The smallest absolute Gasteiger partial charge is 0.171 e. The first-order valence-electron chi connectivity index (χ1n) is 5.01. The van der Waals surface area contributed by atoms with E-state index in [1.54, 1.807) is 22.6 Å². The van der Waals surface area contributed by atoms with Crippen molar-refractivity contribution in [3.63, 3.8) is 0 Å². The van der Waals surface area contributed by atoms with E-state index >= 15 is 0 Å². The molecule has 3 nitrogen and oxygen atoms in total. The summed E-state index contributed by atoms with van der Waals surface area (Å²) in [4.78, 5) is 0. The molecule has 0 N–H and O–H groups in total. The molecule has 2 aromatic heterocycles. The molecule has 2 heterocycles. The van der Waals surface area contributed by atoms with Crippen LogP contribution in [0.2, 0.25) is 0 Å². The van der Waals surface area contributed by atoms with Gasteiger partial charge in [0.2, 0.25) is 0 Å². The van der Waals surface area contributed by atoms with Gasteiger partial charge in [-0.3, -0.25) is 4.40 Å². The fourth-order valence-electron chi connectivity index (χ4n) is 1.69. The molecule has 17 heavy (non-hydrogen) atoms. The van der Waals surface area contributed by atoms with Crippen LogP contribution in [-0.2, 0) is 0 Å². The molecule has 0 spiro atoms. The van der Waals surface area contributed by atoms with Crippen LogP contribution in [-0.4, -0.2) is 14.6 Å². The highest BCUT2D eigenvalue weighted by Crippen LogP contribution is 2.21. The van der Waals surface area contributed by atoms with Gasteiger partial charge in [-0.05, 0) is 46.9 Å². The molecule has 0 fully saturated rings. The van der Waals surface area contributed by atoms with E-state index in [-0.39, 0.29) is 5.82 Å². The number of benzene rings is 1. The van der Waals surface area contributed by atoms with Gasteiger partial charge in [-0.2, -0.15) is 0 Å².